The second-order valence-corrected chi connectivity index (χ2v) is 2.99. The first-order valence-electron chi connectivity index (χ1n) is 4.31. The van der Waals surface area contributed by atoms with Crippen LogP contribution in [-0.2, 0) is 9.59 Å². The van der Waals surface area contributed by atoms with Crippen molar-refractivity contribution in [3.8, 4) is 5.75 Å². The van der Waals surface area contributed by atoms with Crippen LogP contribution in [0.2, 0.25) is 0 Å². The first-order chi connectivity index (χ1) is 7.43. The lowest BCUT2D eigenvalue weighted by atomic mass is 10.1. The summed E-state index contributed by atoms with van der Waals surface area (Å²) in [7, 11) is 0. The fraction of sp³-hybridized carbons (Fsp3) is 0.200. The van der Waals surface area contributed by atoms with Gasteiger partial charge in [-0.15, -0.1) is 12.4 Å². The topological polar surface area (TPSA) is 83.8 Å². The van der Waals surface area contributed by atoms with Gasteiger partial charge in [0, 0.05) is 12.5 Å². The van der Waals surface area contributed by atoms with E-state index >= 15 is 0 Å². The minimum atomic E-state index is -1.94. The normalized spacial score (nSPS) is 11.2. The van der Waals surface area contributed by atoms with Crippen LogP contribution < -0.4 is 4.74 Å². The van der Waals surface area contributed by atoms with E-state index in [1.54, 1.807) is 0 Å². The van der Waals surface area contributed by atoms with Crippen LogP contribution in [0.1, 0.15) is 18.6 Å². The van der Waals surface area contributed by atoms with Crippen molar-refractivity contribution in [3.05, 3.63) is 29.6 Å². The molecule has 1 rings (SSSR count). The van der Waals surface area contributed by atoms with Gasteiger partial charge in [0.1, 0.15) is 0 Å². The fourth-order valence-corrected chi connectivity index (χ4v) is 1.13. The van der Waals surface area contributed by atoms with E-state index in [0.29, 0.717) is 0 Å². The van der Waals surface area contributed by atoms with Crippen LogP contribution >= 0.6 is 12.4 Å². The van der Waals surface area contributed by atoms with Crippen molar-refractivity contribution >= 4 is 24.3 Å². The van der Waals surface area contributed by atoms with Crippen molar-refractivity contribution in [2.45, 2.75) is 13.0 Å². The third-order valence-corrected chi connectivity index (χ3v) is 1.77. The summed E-state index contributed by atoms with van der Waals surface area (Å²) in [4.78, 5) is 21.2. The number of halogens is 2. The maximum atomic E-state index is 13.3. The molecule has 2 N–H and O–H groups in total. The molecule has 0 aromatic heterocycles. The number of rotatable bonds is 3. The van der Waals surface area contributed by atoms with E-state index in [4.69, 9.17) is 5.11 Å². The van der Waals surface area contributed by atoms with E-state index in [2.05, 4.69) is 4.74 Å². The smallest absolute Gasteiger partial charge is 0.337 e. The number of ether oxygens (including phenoxy) is 1. The van der Waals surface area contributed by atoms with Gasteiger partial charge < -0.3 is 14.9 Å². The molecule has 0 heterocycles. The average molecular weight is 265 g/mol. The SMILES string of the molecule is CC(=O)Oc1c(F)cccc1C(O)C(=O)O.Cl. The summed E-state index contributed by atoms with van der Waals surface area (Å²) < 4.78 is 17.8. The number of benzene rings is 1. The quantitative estimate of drug-likeness (QED) is 0.635. The highest BCUT2D eigenvalue weighted by Crippen LogP contribution is 2.28. The number of carbonyl (C=O) groups excluding carboxylic acids is 1. The number of carbonyl (C=O) groups is 2. The van der Waals surface area contributed by atoms with Gasteiger partial charge in [0.2, 0.25) is 0 Å². The largest absolute Gasteiger partial charge is 0.479 e. The lowest BCUT2D eigenvalue weighted by molar-refractivity contribution is -0.147. The highest BCUT2D eigenvalue weighted by molar-refractivity contribution is 5.85. The fourth-order valence-electron chi connectivity index (χ4n) is 1.13. The number of carboxylic acid groups (broad SMARTS) is 1. The molecule has 0 fully saturated rings. The summed E-state index contributed by atoms with van der Waals surface area (Å²) in [5.41, 5.74) is -0.303. The second-order valence-electron chi connectivity index (χ2n) is 2.99. The summed E-state index contributed by atoms with van der Waals surface area (Å²) in [5, 5.41) is 17.8. The van der Waals surface area contributed by atoms with Crippen molar-refractivity contribution in [1.82, 2.24) is 0 Å². The molecule has 0 aliphatic heterocycles. The number of aliphatic hydroxyl groups excluding tert-OH is 1. The Labute approximate surface area is 102 Å². The molecule has 1 atom stereocenters. The summed E-state index contributed by atoms with van der Waals surface area (Å²) in [6.45, 7) is 1.05. The zero-order chi connectivity index (χ0) is 12.3. The van der Waals surface area contributed by atoms with Crippen molar-refractivity contribution in [1.29, 1.82) is 0 Å². The Morgan fingerprint density at radius 3 is 2.47 bits per heavy atom. The number of para-hydroxylation sites is 1. The minimum absolute atomic E-state index is 0. The Kier molecular flexibility index (Phi) is 5.57. The highest BCUT2D eigenvalue weighted by Gasteiger charge is 2.23. The van der Waals surface area contributed by atoms with E-state index in [1.807, 2.05) is 0 Å². The molecule has 0 radical (unpaired) electrons. The van der Waals surface area contributed by atoms with Crippen LogP contribution in [0.15, 0.2) is 18.2 Å². The summed E-state index contributed by atoms with van der Waals surface area (Å²) in [6.07, 6.45) is -1.94. The first-order valence-corrected chi connectivity index (χ1v) is 4.31. The Balaban J connectivity index is 0.00000256. The van der Waals surface area contributed by atoms with E-state index < -0.39 is 29.6 Å². The maximum Gasteiger partial charge on any atom is 0.337 e. The van der Waals surface area contributed by atoms with E-state index in [0.717, 1.165) is 13.0 Å². The molecule has 1 aromatic rings. The number of esters is 1. The molecule has 7 heteroatoms. The van der Waals surface area contributed by atoms with Gasteiger partial charge in [-0.3, -0.25) is 4.79 Å². The lowest BCUT2D eigenvalue weighted by Gasteiger charge is -2.11. The molecule has 1 aromatic carbocycles. The van der Waals surface area contributed by atoms with Crippen LogP contribution in [0.25, 0.3) is 0 Å². The molecule has 0 aliphatic rings. The van der Waals surface area contributed by atoms with E-state index in [9.17, 15) is 19.1 Å². The molecular weight excluding hydrogens is 255 g/mol. The van der Waals surface area contributed by atoms with Crippen LogP contribution in [-0.4, -0.2) is 22.2 Å². The predicted octanol–water partition coefficient (Wildman–Crippen LogP) is 1.29. The molecule has 0 saturated carbocycles. The number of aliphatic hydroxyl groups is 1. The molecule has 0 spiro atoms. The number of aliphatic carboxylic acids is 1. The lowest BCUT2D eigenvalue weighted by Crippen LogP contribution is -2.14. The standard InChI is InChI=1S/C10H9FO5.ClH/c1-5(12)16-9-6(8(13)10(14)15)3-2-4-7(9)11;/h2-4,8,13H,1H3,(H,14,15);1H. The second kappa shape index (κ2) is 6.17. The zero-order valence-electron chi connectivity index (χ0n) is 8.71. The third kappa shape index (κ3) is 3.69. The number of hydrogen-bond acceptors (Lipinski definition) is 4. The highest BCUT2D eigenvalue weighted by atomic mass is 35.5. The molecule has 0 amide bonds. The molecule has 5 nitrogen and oxygen atoms in total. The van der Waals surface area contributed by atoms with Gasteiger partial charge in [0.15, 0.2) is 17.7 Å². The number of carboxylic acids is 1. The Morgan fingerprint density at radius 1 is 1.41 bits per heavy atom. The van der Waals surface area contributed by atoms with Crippen LogP contribution in [0.4, 0.5) is 4.39 Å². The molecule has 17 heavy (non-hydrogen) atoms. The predicted molar refractivity (Wildman–Crippen MR) is 57.6 cm³/mol. The van der Waals surface area contributed by atoms with E-state index in [1.165, 1.54) is 12.1 Å². The molecular formula is C10H10ClFO5. The number of hydrogen-bond donors (Lipinski definition) is 2. The molecule has 0 aliphatic carbocycles. The summed E-state index contributed by atoms with van der Waals surface area (Å²) in [6, 6.07) is 3.38. The summed E-state index contributed by atoms with van der Waals surface area (Å²) in [5.74, 6) is -3.83. The van der Waals surface area contributed by atoms with E-state index in [-0.39, 0.29) is 18.0 Å². The van der Waals surface area contributed by atoms with Crippen LogP contribution in [0.5, 0.6) is 5.75 Å². The summed E-state index contributed by atoms with van der Waals surface area (Å²) >= 11 is 0. The van der Waals surface area contributed by atoms with Crippen LogP contribution in [0, 0.1) is 5.82 Å². The van der Waals surface area contributed by atoms with Crippen molar-refractivity contribution in [2.75, 3.05) is 0 Å². The molecule has 94 valence electrons. The van der Waals surface area contributed by atoms with Gasteiger partial charge in [0.25, 0.3) is 0 Å². The molecule has 0 saturated heterocycles. The van der Waals surface area contributed by atoms with Gasteiger partial charge in [0.05, 0.1) is 0 Å². The van der Waals surface area contributed by atoms with Crippen molar-refractivity contribution in [3.63, 3.8) is 0 Å². The Bertz CT molecular complexity index is 435. The van der Waals surface area contributed by atoms with Gasteiger partial charge in [-0.05, 0) is 6.07 Å². The molecule has 1 unspecified atom stereocenters. The third-order valence-electron chi connectivity index (χ3n) is 1.77. The minimum Gasteiger partial charge on any atom is -0.479 e. The van der Waals surface area contributed by atoms with Gasteiger partial charge in [-0.1, -0.05) is 12.1 Å². The van der Waals surface area contributed by atoms with Crippen molar-refractivity contribution in [2.24, 2.45) is 0 Å². The Morgan fingerprint density at radius 2 is 2.00 bits per heavy atom. The van der Waals surface area contributed by atoms with Gasteiger partial charge in [-0.2, -0.15) is 0 Å². The first kappa shape index (κ1) is 15.3. The average Bonchev–Trinajstić information content (AvgIpc) is 2.19. The Hall–Kier alpha value is -1.66. The zero-order valence-corrected chi connectivity index (χ0v) is 9.53. The van der Waals surface area contributed by atoms with Gasteiger partial charge >= 0.3 is 11.9 Å². The van der Waals surface area contributed by atoms with Crippen molar-refractivity contribution < 1.29 is 28.9 Å². The maximum absolute atomic E-state index is 13.3. The monoisotopic (exact) mass is 264 g/mol. The van der Waals surface area contributed by atoms with Crippen LogP contribution in [0.3, 0.4) is 0 Å². The molecule has 0 bridgehead atoms. The van der Waals surface area contributed by atoms with Gasteiger partial charge in [-0.25, -0.2) is 9.18 Å².